The zero-order valence-electron chi connectivity index (χ0n) is 30.3. The normalized spacial score (nSPS) is 13.2. The summed E-state index contributed by atoms with van der Waals surface area (Å²) in [4.78, 5) is 39.8. The molecule has 0 atom stereocenters. The van der Waals surface area contributed by atoms with Gasteiger partial charge >= 0.3 is 63.7 Å². The molecule has 2 aliphatic rings. The smallest absolute Gasteiger partial charge is 0.550 e. The van der Waals surface area contributed by atoms with E-state index in [1.165, 1.54) is 25.7 Å². The average Bonchev–Trinajstić information content (AvgIpc) is 3.84. The summed E-state index contributed by atoms with van der Waals surface area (Å²) in [7, 11) is 0. The molecule has 2 saturated heterocycles. The molecule has 0 spiro atoms. The number of carboxylic acids is 4. The topological polar surface area (TPSA) is 179 Å². The van der Waals surface area contributed by atoms with E-state index in [2.05, 4.69) is 0 Å². The van der Waals surface area contributed by atoms with E-state index >= 15 is 0 Å². The maximum Gasteiger partial charge on any atom is 2.00 e. The van der Waals surface area contributed by atoms with Crippen molar-refractivity contribution in [2.24, 2.45) is 0 Å². The molecule has 0 unspecified atom stereocenters. The number of aliphatic carboxylic acids is 2. The number of carbonyl (C=O) groups excluding carboxylic acids is 4. The van der Waals surface area contributed by atoms with E-state index in [0.29, 0.717) is 25.0 Å². The Kier molecular flexibility index (Phi) is 31.5. The molecule has 0 aromatic heterocycles. The van der Waals surface area contributed by atoms with Crippen LogP contribution in [0.2, 0.25) is 0 Å². The fourth-order valence-electron chi connectivity index (χ4n) is 3.92. The Morgan fingerprint density at radius 1 is 0.483 bits per heavy atom. The standard InChI is InChI=1S/2C9H4F6O2.2C4H8O2.2C4H8O.2Ru/c2*10-8(11,12)4-2-1-3-5(9(13,14)15)6(4)7(16)17;2*1-2-3-4(5)6;2*1-2-4-5-3-1;;/h2*1-3H,(H,16,17);2*2-3H2,1H3,(H,5,6);2*1-4H2;;/q;;;;;;2*+2/p-4. The van der Waals surface area contributed by atoms with Crippen LogP contribution in [-0.2, 0) is 82.7 Å². The van der Waals surface area contributed by atoms with E-state index in [0.717, 1.165) is 26.4 Å². The van der Waals surface area contributed by atoms with Gasteiger partial charge in [-0.25, -0.2) is 0 Å². The summed E-state index contributed by atoms with van der Waals surface area (Å²) in [6, 6.07) is 1.97. The predicted octanol–water partition coefficient (Wildman–Crippen LogP) is 4.84. The Hall–Kier alpha value is -3.35. The van der Waals surface area contributed by atoms with Gasteiger partial charge in [0.2, 0.25) is 0 Å². The number of hydrogen-bond acceptors (Lipinski definition) is 10. The molecule has 2 aromatic rings. The van der Waals surface area contributed by atoms with Crippen molar-refractivity contribution in [3.05, 3.63) is 69.8 Å². The number of carboxylic acid groups (broad SMARTS) is 4. The molecule has 2 fully saturated rings. The second kappa shape index (κ2) is 29.8. The number of benzene rings is 2. The Balaban J connectivity index is -0.000000327. The van der Waals surface area contributed by atoms with E-state index in [1.807, 2.05) is 0 Å². The third kappa shape index (κ3) is 26.6. The SMILES string of the molecule is C1CCOC1.C1CCOC1.CCCC(=O)[O-].CCCC(=O)[O-].O=C([O-])c1c(C(F)(F)F)cccc1C(F)(F)F.O=C([O-])c1c(C(F)(F)F)cccc1C(F)(F)F.[Ru+2].[Ru+2]. The minimum absolute atomic E-state index is 0. The van der Waals surface area contributed by atoms with E-state index in [4.69, 9.17) is 9.47 Å². The molecule has 0 aliphatic carbocycles. The second-order valence-electron chi connectivity index (χ2n) is 10.9. The number of carbonyl (C=O) groups is 4. The molecule has 332 valence electrons. The molecule has 58 heavy (non-hydrogen) atoms. The molecular weight excluding hydrogens is 998 g/mol. The molecular formula is C34H36F12O10Ru2. The first-order chi connectivity index (χ1) is 25.6. The van der Waals surface area contributed by atoms with Crippen molar-refractivity contribution >= 4 is 23.9 Å². The van der Waals surface area contributed by atoms with Gasteiger partial charge in [-0.1, -0.05) is 38.8 Å². The van der Waals surface area contributed by atoms with Crippen LogP contribution in [0.4, 0.5) is 52.7 Å². The van der Waals surface area contributed by atoms with Crippen LogP contribution in [0.5, 0.6) is 0 Å². The maximum atomic E-state index is 12.3. The summed E-state index contributed by atoms with van der Waals surface area (Å²) in [6.45, 7) is 7.60. The van der Waals surface area contributed by atoms with Gasteiger partial charge in [-0.05, 0) is 62.8 Å². The number of aromatic carboxylic acids is 2. The molecule has 4 rings (SSSR count). The van der Waals surface area contributed by atoms with E-state index in [1.54, 1.807) is 13.8 Å². The van der Waals surface area contributed by atoms with Crippen molar-refractivity contribution in [2.45, 2.75) is 89.9 Å². The number of ether oxygens (including phenoxy) is 2. The summed E-state index contributed by atoms with van der Waals surface area (Å²) in [6.07, 6.45) is -14.0. The molecule has 2 aromatic carbocycles. The quantitative estimate of drug-likeness (QED) is 0.288. The van der Waals surface area contributed by atoms with Crippen molar-refractivity contribution in [1.82, 2.24) is 0 Å². The van der Waals surface area contributed by atoms with Gasteiger partial charge in [-0.3, -0.25) is 0 Å². The zero-order valence-corrected chi connectivity index (χ0v) is 33.8. The summed E-state index contributed by atoms with van der Waals surface area (Å²) in [5, 5.41) is 39.8. The Labute approximate surface area is 349 Å². The summed E-state index contributed by atoms with van der Waals surface area (Å²) >= 11 is 0. The van der Waals surface area contributed by atoms with Crippen LogP contribution in [0.15, 0.2) is 36.4 Å². The monoisotopic (exact) mass is 1040 g/mol. The van der Waals surface area contributed by atoms with Gasteiger partial charge in [0.05, 0.1) is 34.2 Å². The van der Waals surface area contributed by atoms with Gasteiger partial charge in [0.25, 0.3) is 0 Å². The van der Waals surface area contributed by atoms with Crippen molar-refractivity contribution in [3.8, 4) is 0 Å². The van der Waals surface area contributed by atoms with Gasteiger partial charge in [-0.2, -0.15) is 52.7 Å². The van der Waals surface area contributed by atoms with Crippen molar-refractivity contribution in [1.29, 1.82) is 0 Å². The summed E-state index contributed by atoms with van der Waals surface area (Å²) in [5.74, 6) is -6.97. The number of halogens is 12. The van der Waals surface area contributed by atoms with Gasteiger partial charge < -0.3 is 49.1 Å². The van der Waals surface area contributed by atoms with Crippen LogP contribution in [0, 0.1) is 0 Å². The molecule has 10 nitrogen and oxygen atoms in total. The first kappa shape index (κ1) is 61.3. The van der Waals surface area contributed by atoms with Gasteiger partial charge in [0.15, 0.2) is 0 Å². The number of rotatable bonds is 6. The summed E-state index contributed by atoms with van der Waals surface area (Å²) < 4.78 is 158. The Morgan fingerprint density at radius 3 is 0.776 bits per heavy atom. The molecule has 24 heteroatoms. The van der Waals surface area contributed by atoms with Gasteiger partial charge in [0.1, 0.15) is 0 Å². The van der Waals surface area contributed by atoms with Crippen molar-refractivity contribution in [2.75, 3.05) is 26.4 Å². The van der Waals surface area contributed by atoms with Gasteiger partial charge in [0, 0.05) is 49.5 Å². The fraction of sp³-hybridized carbons (Fsp3) is 0.529. The van der Waals surface area contributed by atoms with Crippen LogP contribution in [0.25, 0.3) is 0 Å². The average molecular weight is 1030 g/mol. The molecule has 0 N–H and O–H groups in total. The van der Waals surface area contributed by atoms with E-state index < -0.39 is 82.0 Å². The first-order valence-corrected chi connectivity index (χ1v) is 16.2. The second-order valence-corrected chi connectivity index (χ2v) is 10.9. The van der Waals surface area contributed by atoms with Crippen molar-refractivity contribution in [3.63, 3.8) is 0 Å². The van der Waals surface area contributed by atoms with Crippen LogP contribution >= 0.6 is 0 Å². The molecule has 2 aliphatic heterocycles. The minimum Gasteiger partial charge on any atom is -0.550 e. The van der Waals surface area contributed by atoms with Crippen LogP contribution in [0.1, 0.15) is 108 Å². The van der Waals surface area contributed by atoms with Crippen molar-refractivity contribution < 1.29 is 141 Å². The largest absolute Gasteiger partial charge is 2.00 e. The third-order valence-electron chi connectivity index (χ3n) is 6.32. The van der Waals surface area contributed by atoms with E-state index in [9.17, 15) is 92.3 Å². The first-order valence-electron chi connectivity index (χ1n) is 16.2. The molecule has 0 saturated carbocycles. The molecule has 2 heterocycles. The molecule has 0 amide bonds. The Morgan fingerprint density at radius 2 is 0.690 bits per heavy atom. The molecule has 0 bridgehead atoms. The number of alkyl halides is 12. The Bertz CT molecular complexity index is 1320. The van der Waals surface area contributed by atoms with Crippen LogP contribution < -0.4 is 20.4 Å². The number of hydrogen-bond donors (Lipinski definition) is 0. The molecule has 0 radical (unpaired) electrons. The van der Waals surface area contributed by atoms with E-state index in [-0.39, 0.29) is 76.1 Å². The predicted molar refractivity (Wildman–Crippen MR) is 161 cm³/mol. The third-order valence-corrected chi connectivity index (χ3v) is 6.32. The fourth-order valence-corrected chi connectivity index (χ4v) is 3.92. The van der Waals surface area contributed by atoms with Gasteiger partial charge in [-0.15, -0.1) is 0 Å². The minimum atomic E-state index is -5.20. The zero-order chi connectivity index (χ0) is 43.9. The van der Waals surface area contributed by atoms with Crippen LogP contribution in [0.3, 0.4) is 0 Å². The van der Waals surface area contributed by atoms with Crippen LogP contribution in [-0.4, -0.2) is 50.3 Å². The maximum absolute atomic E-state index is 12.3. The summed E-state index contributed by atoms with van der Waals surface area (Å²) in [5.41, 5.74) is -11.3.